The second kappa shape index (κ2) is 6.59. The zero-order chi connectivity index (χ0) is 15.4. The maximum Gasteiger partial charge on any atom is 0.263 e. The number of amides is 1. The van der Waals surface area contributed by atoms with Gasteiger partial charge in [-0.05, 0) is 46.0 Å². The summed E-state index contributed by atoms with van der Waals surface area (Å²) < 4.78 is 10.0. The lowest BCUT2D eigenvalue weighted by Gasteiger charge is -2.06. The zero-order valence-electron chi connectivity index (χ0n) is 11.2. The zero-order valence-corrected chi connectivity index (χ0v) is 12.7. The van der Waals surface area contributed by atoms with E-state index < -0.39 is 0 Å². The van der Waals surface area contributed by atoms with Crippen molar-refractivity contribution in [3.05, 3.63) is 46.8 Å². The third kappa shape index (κ3) is 3.44. The molecule has 0 saturated carbocycles. The van der Waals surface area contributed by atoms with Crippen LogP contribution in [0.2, 0.25) is 5.02 Å². The molecule has 0 spiro atoms. The number of carbonyl (C=O) groups is 1. The summed E-state index contributed by atoms with van der Waals surface area (Å²) in [7, 11) is 0. The number of aromatic nitrogens is 2. The molecule has 22 heavy (non-hydrogen) atoms. The molecule has 1 amide bonds. The van der Waals surface area contributed by atoms with Crippen LogP contribution < -0.4 is 10.1 Å². The van der Waals surface area contributed by atoms with E-state index in [1.165, 1.54) is 11.3 Å². The molecule has 112 valence electrons. The summed E-state index contributed by atoms with van der Waals surface area (Å²) in [5.74, 6) is 0.465. The average molecular weight is 336 g/mol. The van der Waals surface area contributed by atoms with Gasteiger partial charge >= 0.3 is 0 Å². The first kappa shape index (κ1) is 14.6. The molecule has 3 aromatic rings. The highest BCUT2D eigenvalue weighted by atomic mass is 35.5. The van der Waals surface area contributed by atoms with Gasteiger partial charge in [-0.25, -0.2) is 4.63 Å². The van der Waals surface area contributed by atoms with Crippen LogP contribution >= 0.6 is 22.9 Å². The van der Waals surface area contributed by atoms with Gasteiger partial charge in [0, 0.05) is 5.02 Å². The van der Waals surface area contributed by atoms with Crippen LogP contribution in [0.15, 0.2) is 46.4 Å². The molecular weight excluding hydrogens is 326 g/mol. The average Bonchev–Trinajstić information content (AvgIpc) is 3.17. The lowest BCUT2D eigenvalue weighted by Crippen LogP contribution is -2.20. The summed E-state index contributed by atoms with van der Waals surface area (Å²) in [6.45, 7) is -0.154. The van der Waals surface area contributed by atoms with E-state index in [1.54, 1.807) is 24.3 Å². The fraction of sp³-hybridized carbons (Fsp3) is 0.0714. The molecule has 3 rings (SSSR count). The number of anilines is 1. The third-order valence-electron chi connectivity index (χ3n) is 2.68. The molecule has 8 heteroatoms. The highest BCUT2D eigenvalue weighted by Gasteiger charge is 2.16. The molecule has 0 atom stereocenters. The van der Waals surface area contributed by atoms with Gasteiger partial charge < -0.3 is 10.1 Å². The topological polar surface area (TPSA) is 77.2 Å². The summed E-state index contributed by atoms with van der Waals surface area (Å²) in [5.41, 5.74) is 0.495. The minimum Gasteiger partial charge on any atom is -0.484 e. The fourth-order valence-electron chi connectivity index (χ4n) is 1.69. The third-order valence-corrected chi connectivity index (χ3v) is 3.81. The Labute approximate surface area is 134 Å². The number of benzene rings is 1. The number of hydrogen-bond acceptors (Lipinski definition) is 6. The van der Waals surface area contributed by atoms with Crippen molar-refractivity contribution in [3.63, 3.8) is 0 Å². The van der Waals surface area contributed by atoms with Gasteiger partial charge in [-0.3, -0.25) is 4.79 Å². The van der Waals surface area contributed by atoms with Crippen LogP contribution in [0.4, 0.5) is 5.82 Å². The molecule has 2 heterocycles. The highest BCUT2D eigenvalue weighted by molar-refractivity contribution is 7.13. The van der Waals surface area contributed by atoms with Gasteiger partial charge in [-0.15, -0.1) is 11.3 Å². The Bertz CT molecular complexity index is 756. The molecule has 0 aliphatic carbocycles. The number of ether oxygens (including phenoxy) is 1. The molecule has 0 radical (unpaired) electrons. The largest absolute Gasteiger partial charge is 0.484 e. The Morgan fingerprint density at radius 1 is 1.27 bits per heavy atom. The molecule has 1 N–H and O–H groups in total. The van der Waals surface area contributed by atoms with Crippen LogP contribution in [0.5, 0.6) is 5.75 Å². The van der Waals surface area contributed by atoms with E-state index >= 15 is 0 Å². The first-order chi connectivity index (χ1) is 10.7. The van der Waals surface area contributed by atoms with Gasteiger partial charge in [0.1, 0.15) is 5.75 Å². The molecule has 0 fully saturated rings. The summed E-state index contributed by atoms with van der Waals surface area (Å²) in [4.78, 5) is 12.8. The molecular formula is C14H10ClN3O3S. The van der Waals surface area contributed by atoms with Crippen molar-refractivity contribution < 1.29 is 14.2 Å². The summed E-state index contributed by atoms with van der Waals surface area (Å²) >= 11 is 7.25. The van der Waals surface area contributed by atoms with Gasteiger partial charge in [-0.2, -0.15) is 0 Å². The maximum absolute atomic E-state index is 11.9. The number of nitrogens with one attached hydrogen (secondary N) is 1. The van der Waals surface area contributed by atoms with Crippen molar-refractivity contribution in [3.8, 4) is 16.3 Å². The first-order valence-corrected chi connectivity index (χ1v) is 7.53. The molecule has 0 unspecified atom stereocenters. The fourth-order valence-corrected chi connectivity index (χ4v) is 2.53. The molecule has 0 aliphatic heterocycles. The van der Waals surface area contributed by atoms with Crippen molar-refractivity contribution >= 4 is 34.7 Å². The highest BCUT2D eigenvalue weighted by Crippen LogP contribution is 2.28. The van der Waals surface area contributed by atoms with E-state index in [-0.39, 0.29) is 18.3 Å². The Balaban J connectivity index is 1.61. The van der Waals surface area contributed by atoms with Crippen molar-refractivity contribution in [2.45, 2.75) is 0 Å². The van der Waals surface area contributed by atoms with Gasteiger partial charge in [0.15, 0.2) is 12.3 Å². The van der Waals surface area contributed by atoms with Gasteiger partial charge in [0.05, 0.1) is 4.88 Å². The van der Waals surface area contributed by atoms with Crippen LogP contribution in [0, 0.1) is 0 Å². The predicted octanol–water partition coefficient (Wildman–Crippen LogP) is 3.47. The molecule has 0 saturated heterocycles. The van der Waals surface area contributed by atoms with E-state index in [0.29, 0.717) is 16.5 Å². The molecule has 2 aromatic heterocycles. The first-order valence-electron chi connectivity index (χ1n) is 6.27. The van der Waals surface area contributed by atoms with Crippen molar-refractivity contribution in [2.75, 3.05) is 11.9 Å². The van der Waals surface area contributed by atoms with Crippen LogP contribution in [0.3, 0.4) is 0 Å². The van der Waals surface area contributed by atoms with Crippen LogP contribution in [0.1, 0.15) is 0 Å². The minimum atomic E-state index is -0.358. The predicted molar refractivity (Wildman–Crippen MR) is 83.2 cm³/mol. The van der Waals surface area contributed by atoms with Crippen LogP contribution in [-0.4, -0.2) is 22.8 Å². The summed E-state index contributed by atoms with van der Waals surface area (Å²) in [6.07, 6.45) is 0. The minimum absolute atomic E-state index is 0.154. The second-order valence-electron chi connectivity index (χ2n) is 4.23. The normalized spacial score (nSPS) is 10.4. The van der Waals surface area contributed by atoms with E-state index in [0.717, 1.165) is 4.88 Å². The second-order valence-corrected chi connectivity index (χ2v) is 5.61. The number of hydrogen-bond donors (Lipinski definition) is 1. The van der Waals surface area contributed by atoms with Crippen LogP contribution in [-0.2, 0) is 4.79 Å². The summed E-state index contributed by atoms with van der Waals surface area (Å²) in [5, 5.41) is 12.6. The number of rotatable bonds is 5. The molecule has 6 nitrogen and oxygen atoms in total. The SMILES string of the molecule is O=C(COc1ccc(Cl)cc1)Nc1nonc1-c1cccs1. The van der Waals surface area contributed by atoms with E-state index in [1.807, 2.05) is 17.5 Å². The number of halogens is 1. The van der Waals surface area contributed by atoms with Crippen LogP contribution in [0.25, 0.3) is 10.6 Å². The maximum atomic E-state index is 11.9. The molecule has 0 bridgehead atoms. The lowest BCUT2D eigenvalue weighted by molar-refractivity contribution is -0.118. The van der Waals surface area contributed by atoms with E-state index in [4.69, 9.17) is 16.3 Å². The van der Waals surface area contributed by atoms with Gasteiger partial charge in [-0.1, -0.05) is 17.7 Å². The van der Waals surface area contributed by atoms with E-state index in [9.17, 15) is 4.79 Å². The summed E-state index contributed by atoms with van der Waals surface area (Å²) in [6, 6.07) is 10.5. The quantitative estimate of drug-likeness (QED) is 0.772. The van der Waals surface area contributed by atoms with Crippen molar-refractivity contribution in [1.29, 1.82) is 0 Å². The molecule has 0 aliphatic rings. The van der Waals surface area contributed by atoms with Gasteiger partial charge in [0.25, 0.3) is 5.91 Å². The number of thiophene rings is 1. The smallest absolute Gasteiger partial charge is 0.263 e. The lowest BCUT2D eigenvalue weighted by atomic mass is 10.3. The van der Waals surface area contributed by atoms with Crippen molar-refractivity contribution in [2.24, 2.45) is 0 Å². The van der Waals surface area contributed by atoms with E-state index in [2.05, 4.69) is 20.3 Å². The standard InChI is InChI=1S/C14H10ClN3O3S/c15-9-3-5-10(6-4-9)20-8-12(19)16-14-13(17-21-18-14)11-2-1-7-22-11/h1-7H,8H2,(H,16,18,19). The van der Waals surface area contributed by atoms with Crippen molar-refractivity contribution in [1.82, 2.24) is 10.3 Å². The number of nitrogens with zero attached hydrogens (tertiary/aromatic N) is 2. The Morgan fingerprint density at radius 3 is 2.82 bits per heavy atom. The Kier molecular flexibility index (Phi) is 4.36. The molecule has 1 aromatic carbocycles. The van der Waals surface area contributed by atoms with Gasteiger partial charge in [0.2, 0.25) is 5.82 Å². The Morgan fingerprint density at radius 2 is 2.09 bits per heavy atom. The number of carbonyl (C=O) groups excluding carboxylic acids is 1. The monoisotopic (exact) mass is 335 g/mol. The Hall–Kier alpha value is -2.38.